The Bertz CT molecular complexity index is 530. The van der Waals surface area contributed by atoms with Gasteiger partial charge in [-0.15, -0.1) is 0 Å². The van der Waals surface area contributed by atoms with E-state index >= 15 is 0 Å². The molecule has 0 amide bonds. The van der Waals surface area contributed by atoms with Crippen LogP contribution in [0.4, 0.5) is 0 Å². The largest absolute Gasteiger partial charge is 0.489 e. The van der Waals surface area contributed by atoms with Gasteiger partial charge in [0.1, 0.15) is 12.4 Å². The molecule has 1 saturated carbocycles. The molecule has 0 saturated heterocycles. The van der Waals surface area contributed by atoms with E-state index in [1.54, 1.807) is 0 Å². The molecule has 3 rings (SSSR count). The first kappa shape index (κ1) is 12.2. The molecule has 2 aromatic carbocycles. The summed E-state index contributed by atoms with van der Waals surface area (Å²) in [7, 11) is 0. The minimum Gasteiger partial charge on any atom is -0.489 e. The van der Waals surface area contributed by atoms with Crippen molar-refractivity contribution >= 4 is 0 Å². The molecule has 2 aromatic rings. The topological polar surface area (TPSA) is 29.5 Å². The normalized spacial score (nSPS) is 21.7. The van der Waals surface area contributed by atoms with Crippen molar-refractivity contribution in [3.05, 3.63) is 65.7 Å². The number of ether oxygens (including phenoxy) is 1. The van der Waals surface area contributed by atoms with Gasteiger partial charge < -0.3 is 9.84 Å². The Morgan fingerprint density at radius 3 is 2.37 bits per heavy atom. The van der Waals surface area contributed by atoms with Crippen LogP contribution < -0.4 is 4.74 Å². The van der Waals surface area contributed by atoms with Crippen LogP contribution in [0, 0.1) is 0 Å². The van der Waals surface area contributed by atoms with Gasteiger partial charge in [0.15, 0.2) is 0 Å². The molecule has 0 unspecified atom stereocenters. The van der Waals surface area contributed by atoms with Gasteiger partial charge in [-0.1, -0.05) is 48.5 Å². The van der Waals surface area contributed by atoms with E-state index in [0.29, 0.717) is 12.5 Å². The molecule has 1 aliphatic rings. The van der Waals surface area contributed by atoms with Crippen LogP contribution in [0.2, 0.25) is 0 Å². The lowest BCUT2D eigenvalue weighted by atomic mass is 9.77. The molecule has 0 heterocycles. The molecular weight excluding hydrogens is 236 g/mol. The molecule has 1 aliphatic carbocycles. The number of hydrogen-bond acceptors (Lipinski definition) is 2. The Labute approximate surface area is 113 Å². The second kappa shape index (κ2) is 5.45. The Morgan fingerprint density at radius 1 is 0.947 bits per heavy atom. The van der Waals surface area contributed by atoms with E-state index in [1.807, 2.05) is 36.4 Å². The predicted octanol–water partition coefficient (Wildman–Crippen LogP) is 3.50. The lowest BCUT2D eigenvalue weighted by Crippen LogP contribution is -2.26. The molecule has 0 spiro atoms. The summed E-state index contributed by atoms with van der Waals surface area (Å²) in [6, 6.07) is 18.3. The molecule has 1 N–H and O–H groups in total. The molecule has 1 fully saturated rings. The third kappa shape index (κ3) is 2.79. The minimum absolute atomic E-state index is 0.132. The first-order chi connectivity index (χ1) is 9.33. The smallest absolute Gasteiger partial charge is 0.123 e. The van der Waals surface area contributed by atoms with E-state index < -0.39 is 0 Å². The Hall–Kier alpha value is -1.80. The zero-order chi connectivity index (χ0) is 13.1. The van der Waals surface area contributed by atoms with Gasteiger partial charge >= 0.3 is 0 Å². The van der Waals surface area contributed by atoms with Gasteiger partial charge in [0.25, 0.3) is 0 Å². The third-order valence-electron chi connectivity index (χ3n) is 3.71. The van der Waals surface area contributed by atoms with Crippen molar-refractivity contribution in [3.63, 3.8) is 0 Å². The molecular formula is C17H18O2. The summed E-state index contributed by atoms with van der Waals surface area (Å²) in [6.45, 7) is 0.590. The van der Waals surface area contributed by atoms with Crippen LogP contribution >= 0.6 is 0 Å². The standard InChI is InChI=1S/C17H18O2/c18-15-10-14(11-15)16-8-4-5-9-17(16)19-12-13-6-2-1-3-7-13/h1-9,14-15,18H,10-12H2. The van der Waals surface area contributed by atoms with Crippen LogP contribution in [0.15, 0.2) is 54.6 Å². The Kier molecular flexibility index (Phi) is 3.51. The lowest BCUT2D eigenvalue weighted by molar-refractivity contribution is 0.0734. The van der Waals surface area contributed by atoms with Gasteiger partial charge in [-0.05, 0) is 36.0 Å². The fourth-order valence-electron chi connectivity index (χ4n) is 2.53. The third-order valence-corrected chi connectivity index (χ3v) is 3.71. The first-order valence-electron chi connectivity index (χ1n) is 6.76. The Morgan fingerprint density at radius 2 is 1.63 bits per heavy atom. The van der Waals surface area contributed by atoms with Crippen LogP contribution in [0.5, 0.6) is 5.75 Å². The SMILES string of the molecule is OC1CC(c2ccccc2OCc2ccccc2)C1. The zero-order valence-electron chi connectivity index (χ0n) is 10.8. The van der Waals surface area contributed by atoms with Crippen LogP contribution in [-0.2, 0) is 6.61 Å². The van der Waals surface area contributed by atoms with Crippen molar-refractivity contribution in [2.45, 2.75) is 31.5 Å². The predicted molar refractivity (Wildman–Crippen MR) is 75.2 cm³/mol. The number of para-hydroxylation sites is 1. The van der Waals surface area contributed by atoms with Crippen molar-refractivity contribution in [1.29, 1.82) is 0 Å². The fourth-order valence-corrected chi connectivity index (χ4v) is 2.53. The summed E-state index contributed by atoms with van der Waals surface area (Å²) in [5.74, 6) is 1.39. The number of rotatable bonds is 4. The molecule has 0 atom stereocenters. The summed E-state index contributed by atoms with van der Waals surface area (Å²) >= 11 is 0. The average Bonchev–Trinajstić information content (AvgIpc) is 2.43. The highest BCUT2D eigenvalue weighted by molar-refractivity contribution is 5.38. The Balaban J connectivity index is 1.70. The maximum atomic E-state index is 9.44. The van der Waals surface area contributed by atoms with E-state index in [-0.39, 0.29) is 6.10 Å². The number of hydrogen-bond donors (Lipinski definition) is 1. The summed E-state index contributed by atoms with van der Waals surface area (Å²) in [4.78, 5) is 0. The molecule has 0 bridgehead atoms. The first-order valence-corrected chi connectivity index (χ1v) is 6.76. The molecule has 0 radical (unpaired) electrons. The molecule has 0 aromatic heterocycles. The number of benzene rings is 2. The monoisotopic (exact) mass is 254 g/mol. The summed E-state index contributed by atoms with van der Waals surface area (Å²) in [5, 5.41) is 9.44. The van der Waals surface area contributed by atoms with Gasteiger partial charge in [-0.3, -0.25) is 0 Å². The van der Waals surface area contributed by atoms with E-state index in [4.69, 9.17) is 4.74 Å². The summed E-state index contributed by atoms with van der Waals surface area (Å²) in [5.41, 5.74) is 2.40. The highest BCUT2D eigenvalue weighted by Gasteiger charge is 2.30. The maximum Gasteiger partial charge on any atom is 0.123 e. The number of aliphatic hydroxyl groups is 1. The fraction of sp³-hybridized carbons (Fsp3) is 0.294. The lowest BCUT2D eigenvalue weighted by Gasteiger charge is -2.32. The quantitative estimate of drug-likeness (QED) is 0.904. The molecule has 2 nitrogen and oxygen atoms in total. The average molecular weight is 254 g/mol. The van der Waals surface area contributed by atoms with Gasteiger partial charge in [0, 0.05) is 0 Å². The summed E-state index contributed by atoms with van der Waals surface area (Å²) < 4.78 is 5.93. The van der Waals surface area contributed by atoms with Crippen LogP contribution in [0.25, 0.3) is 0 Å². The van der Waals surface area contributed by atoms with E-state index in [1.165, 1.54) is 11.1 Å². The van der Waals surface area contributed by atoms with Crippen molar-refractivity contribution in [1.82, 2.24) is 0 Å². The van der Waals surface area contributed by atoms with Gasteiger partial charge in [-0.25, -0.2) is 0 Å². The highest BCUT2D eigenvalue weighted by atomic mass is 16.5. The van der Waals surface area contributed by atoms with E-state index in [9.17, 15) is 5.11 Å². The van der Waals surface area contributed by atoms with Crippen molar-refractivity contribution in [2.75, 3.05) is 0 Å². The van der Waals surface area contributed by atoms with Gasteiger partial charge in [-0.2, -0.15) is 0 Å². The van der Waals surface area contributed by atoms with E-state index in [2.05, 4.69) is 18.2 Å². The van der Waals surface area contributed by atoms with Crippen molar-refractivity contribution in [3.8, 4) is 5.75 Å². The highest BCUT2D eigenvalue weighted by Crippen LogP contribution is 2.41. The van der Waals surface area contributed by atoms with Gasteiger partial charge in [0.2, 0.25) is 0 Å². The van der Waals surface area contributed by atoms with E-state index in [0.717, 1.165) is 18.6 Å². The number of aliphatic hydroxyl groups excluding tert-OH is 1. The minimum atomic E-state index is -0.132. The second-order valence-electron chi connectivity index (χ2n) is 5.13. The molecule has 98 valence electrons. The van der Waals surface area contributed by atoms with Crippen molar-refractivity contribution in [2.24, 2.45) is 0 Å². The maximum absolute atomic E-state index is 9.44. The van der Waals surface area contributed by atoms with Gasteiger partial charge in [0.05, 0.1) is 6.10 Å². The zero-order valence-corrected chi connectivity index (χ0v) is 10.8. The van der Waals surface area contributed by atoms with Crippen LogP contribution in [0.3, 0.4) is 0 Å². The molecule has 2 heteroatoms. The molecule has 0 aliphatic heterocycles. The summed E-state index contributed by atoms with van der Waals surface area (Å²) in [6.07, 6.45) is 1.57. The second-order valence-corrected chi connectivity index (χ2v) is 5.13. The van der Waals surface area contributed by atoms with Crippen molar-refractivity contribution < 1.29 is 9.84 Å². The molecule has 19 heavy (non-hydrogen) atoms. The van der Waals surface area contributed by atoms with Crippen LogP contribution in [0.1, 0.15) is 29.9 Å². The van der Waals surface area contributed by atoms with Crippen LogP contribution in [-0.4, -0.2) is 11.2 Å².